The Kier molecular flexibility index (Phi) is 6.33. The molecule has 1 aliphatic heterocycles. The minimum Gasteiger partial charge on any atom is -0.463 e. The van der Waals surface area contributed by atoms with Crippen LogP contribution in [0.1, 0.15) is 32.7 Å². The zero-order valence-corrected chi connectivity index (χ0v) is 15.7. The Morgan fingerprint density at radius 1 is 1.19 bits per heavy atom. The van der Waals surface area contributed by atoms with E-state index in [0.717, 1.165) is 0 Å². The van der Waals surface area contributed by atoms with Crippen molar-refractivity contribution in [3.8, 4) is 0 Å². The molecule has 0 aromatic carbocycles. The zero-order chi connectivity index (χ0) is 20.3. The van der Waals surface area contributed by atoms with Crippen LogP contribution in [0.4, 0.5) is 5.82 Å². The number of ether oxygens (including phenoxy) is 4. The molecule has 2 rings (SSSR count). The molecule has 0 aliphatic carbocycles. The molecule has 4 N–H and O–H groups in total. The van der Waals surface area contributed by atoms with E-state index in [4.69, 9.17) is 42.6 Å². The molecule has 0 spiro atoms. The Balaban J connectivity index is 2.41. The number of carbonyl (C=O) groups excluding carboxylic acids is 3. The van der Waals surface area contributed by atoms with Gasteiger partial charge in [0.2, 0.25) is 0 Å². The summed E-state index contributed by atoms with van der Waals surface area (Å²) in [7, 11) is 0. The highest BCUT2D eigenvalue weighted by atomic mass is 32.1. The fourth-order valence-corrected chi connectivity index (χ4v) is 2.84. The van der Waals surface area contributed by atoms with Gasteiger partial charge in [-0.05, 0) is 0 Å². The average molecular weight is 400 g/mol. The maximum atomic E-state index is 11.6. The van der Waals surface area contributed by atoms with Crippen LogP contribution in [-0.4, -0.2) is 57.4 Å². The minimum absolute atomic E-state index is 0.0266. The van der Waals surface area contributed by atoms with E-state index in [0.29, 0.717) is 0 Å². The fourth-order valence-electron chi connectivity index (χ4n) is 2.68. The molecule has 1 aromatic rings. The largest absolute Gasteiger partial charge is 0.463 e. The van der Waals surface area contributed by atoms with Gasteiger partial charge in [0.05, 0.1) is 6.33 Å². The fraction of sp³-hybridized carbons (Fsp3) is 0.533. The number of carbonyl (C=O) groups is 3. The van der Waals surface area contributed by atoms with Crippen molar-refractivity contribution in [1.29, 1.82) is 0 Å². The summed E-state index contributed by atoms with van der Waals surface area (Å²) in [6.07, 6.45) is -2.70. The summed E-state index contributed by atoms with van der Waals surface area (Å²) in [4.78, 5) is 38.2. The molecule has 12 heteroatoms. The van der Waals surface area contributed by atoms with Crippen LogP contribution in [0.5, 0.6) is 0 Å². The Morgan fingerprint density at radius 3 is 2.26 bits per heavy atom. The van der Waals surface area contributed by atoms with E-state index in [1.165, 1.54) is 31.7 Å². The van der Waals surface area contributed by atoms with E-state index in [9.17, 15) is 14.4 Å². The quantitative estimate of drug-likeness (QED) is 0.357. The average Bonchev–Trinajstić information content (AvgIpc) is 3.06. The minimum atomic E-state index is -1.07. The number of imidazole rings is 1. The summed E-state index contributed by atoms with van der Waals surface area (Å²) in [6.45, 7) is 3.38. The molecule has 4 atom stereocenters. The highest BCUT2D eigenvalue weighted by molar-refractivity contribution is 7.80. The van der Waals surface area contributed by atoms with Gasteiger partial charge in [0.25, 0.3) is 0 Å². The molecule has 2 heterocycles. The van der Waals surface area contributed by atoms with Gasteiger partial charge in [-0.3, -0.25) is 19.0 Å². The Hall–Kier alpha value is -2.73. The number of nitrogens with two attached hydrogens (primary N) is 2. The van der Waals surface area contributed by atoms with Crippen molar-refractivity contribution in [3.63, 3.8) is 0 Å². The Bertz CT molecular complexity index is 765. The van der Waals surface area contributed by atoms with Crippen LogP contribution in [0.3, 0.4) is 0 Å². The van der Waals surface area contributed by atoms with E-state index in [1.807, 2.05) is 0 Å². The predicted molar refractivity (Wildman–Crippen MR) is 94.2 cm³/mol. The maximum absolute atomic E-state index is 11.6. The molecular weight excluding hydrogens is 380 g/mol. The lowest BCUT2D eigenvalue weighted by Gasteiger charge is -2.24. The van der Waals surface area contributed by atoms with Crippen LogP contribution < -0.4 is 11.5 Å². The second-order valence-corrected chi connectivity index (χ2v) is 6.21. The normalized spacial score (nSPS) is 24.3. The zero-order valence-electron chi connectivity index (χ0n) is 14.9. The third-order valence-electron chi connectivity index (χ3n) is 3.68. The molecular formula is C15H20N4O7S. The monoisotopic (exact) mass is 400 g/mol. The van der Waals surface area contributed by atoms with Crippen LogP contribution in [0.25, 0.3) is 0 Å². The van der Waals surface area contributed by atoms with E-state index in [1.54, 1.807) is 0 Å². The number of anilines is 1. The highest BCUT2D eigenvalue weighted by Gasteiger charge is 2.51. The second-order valence-electron chi connectivity index (χ2n) is 5.77. The molecule has 0 amide bonds. The van der Waals surface area contributed by atoms with Gasteiger partial charge in [0.1, 0.15) is 29.2 Å². The lowest BCUT2D eigenvalue weighted by molar-refractivity contribution is -0.166. The second kappa shape index (κ2) is 8.31. The van der Waals surface area contributed by atoms with Gasteiger partial charge in [-0.15, -0.1) is 0 Å². The van der Waals surface area contributed by atoms with Crippen molar-refractivity contribution in [2.24, 2.45) is 5.73 Å². The third kappa shape index (κ3) is 4.71. The van der Waals surface area contributed by atoms with Gasteiger partial charge in [0.15, 0.2) is 18.4 Å². The van der Waals surface area contributed by atoms with Gasteiger partial charge in [-0.25, -0.2) is 4.98 Å². The van der Waals surface area contributed by atoms with Crippen molar-refractivity contribution in [3.05, 3.63) is 12.0 Å². The van der Waals surface area contributed by atoms with Crippen molar-refractivity contribution < 1.29 is 33.3 Å². The lowest BCUT2D eigenvalue weighted by Crippen LogP contribution is -2.40. The van der Waals surface area contributed by atoms with Gasteiger partial charge < -0.3 is 30.4 Å². The third-order valence-corrected chi connectivity index (χ3v) is 3.87. The summed E-state index contributed by atoms with van der Waals surface area (Å²) in [5.41, 5.74) is 11.7. The molecule has 1 saturated heterocycles. The van der Waals surface area contributed by atoms with Gasteiger partial charge in [0, 0.05) is 20.8 Å². The lowest BCUT2D eigenvalue weighted by atomic mass is 10.1. The van der Waals surface area contributed by atoms with Crippen LogP contribution in [0.2, 0.25) is 0 Å². The van der Waals surface area contributed by atoms with Crippen molar-refractivity contribution in [2.45, 2.75) is 45.3 Å². The number of hydrogen-bond donors (Lipinski definition) is 2. The smallest absolute Gasteiger partial charge is 0.303 e. The molecule has 0 saturated carbocycles. The number of aromatic nitrogens is 2. The Labute approximate surface area is 159 Å². The molecule has 148 valence electrons. The van der Waals surface area contributed by atoms with Crippen LogP contribution >= 0.6 is 12.2 Å². The van der Waals surface area contributed by atoms with Crippen LogP contribution in [0, 0.1) is 0 Å². The number of rotatable bonds is 6. The van der Waals surface area contributed by atoms with Crippen molar-refractivity contribution in [2.75, 3.05) is 12.3 Å². The summed E-state index contributed by atoms with van der Waals surface area (Å²) < 4.78 is 22.7. The molecule has 0 radical (unpaired) electrons. The molecule has 0 bridgehead atoms. The topological polar surface area (TPSA) is 158 Å². The van der Waals surface area contributed by atoms with Crippen molar-refractivity contribution >= 4 is 40.9 Å². The SMILES string of the molecule is CC(=O)OC[C@H]1O[C@@H](n2cnc(C(N)=S)c2N)[C@@H](OC(C)=O)[C@H]1OC(C)=O. The number of hydrogen-bond acceptors (Lipinski definition) is 10. The van der Waals surface area contributed by atoms with Crippen LogP contribution in [0.15, 0.2) is 6.33 Å². The summed E-state index contributed by atoms with van der Waals surface area (Å²) in [5, 5.41) is 0. The molecule has 1 fully saturated rings. The van der Waals surface area contributed by atoms with Crippen molar-refractivity contribution in [1.82, 2.24) is 9.55 Å². The highest BCUT2D eigenvalue weighted by Crippen LogP contribution is 2.36. The number of esters is 3. The number of thiocarbonyl (C=S) groups is 1. The molecule has 1 aliphatic rings. The molecule has 0 unspecified atom stereocenters. The first-order valence-electron chi connectivity index (χ1n) is 7.87. The first-order valence-corrected chi connectivity index (χ1v) is 8.28. The molecule has 1 aromatic heterocycles. The van der Waals surface area contributed by atoms with Gasteiger partial charge in [-0.1, -0.05) is 12.2 Å². The maximum Gasteiger partial charge on any atom is 0.303 e. The summed E-state index contributed by atoms with van der Waals surface area (Å²) in [6, 6.07) is 0. The summed E-state index contributed by atoms with van der Waals surface area (Å²) >= 11 is 4.88. The van der Waals surface area contributed by atoms with E-state index in [-0.39, 0.29) is 23.1 Å². The molecule has 11 nitrogen and oxygen atoms in total. The van der Waals surface area contributed by atoms with E-state index >= 15 is 0 Å². The Morgan fingerprint density at radius 2 is 1.78 bits per heavy atom. The standard InChI is InChI=1S/C15H20N4O7S/c1-6(20)23-4-9-11(24-7(2)21)12(25-8(3)22)15(26-9)19-5-18-10(13(19)16)14(17)27/h5,9,11-12,15H,4,16H2,1-3H3,(H2,17,27)/t9-,11+,12+,15-/m1/s1. The molecule has 27 heavy (non-hydrogen) atoms. The number of nitrogens with zero attached hydrogens (tertiary/aromatic N) is 2. The van der Waals surface area contributed by atoms with Gasteiger partial charge in [-0.2, -0.15) is 0 Å². The van der Waals surface area contributed by atoms with Crippen LogP contribution in [-0.2, 0) is 33.3 Å². The first kappa shape index (κ1) is 20.6. The predicted octanol–water partition coefficient (Wildman–Crippen LogP) is -0.577. The van der Waals surface area contributed by atoms with E-state index in [2.05, 4.69) is 4.98 Å². The number of nitrogen functional groups attached to an aromatic ring is 1. The van der Waals surface area contributed by atoms with Gasteiger partial charge >= 0.3 is 17.9 Å². The van der Waals surface area contributed by atoms with E-state index < -0.39 is 42.4 Å². The summed E-state index contributed by atoms with van der Waals surface area (Å²) in [5.74, 6) is -1.73. The first-order chi connectivity index (χ1) is 12.6.